The van der Waals surface area contributed by atoms with Gasteiger partial charge in [0.1, 0.15) is 18.1 Å². The van der Waals surface area contributed by atoms with E-state index in [4.69, 9.17) is 14.2 Å². The van der Waals surface area contributed by atoms with Crippen molar-refractivity contribution in [2.45, 2.75) is 31.3 Å². The van der Waals surface area contributed by atoms with Crippen LogP contribution in [0.2, 0.25) is 0 Å². The summed E-state index contributed by atoms with van der Waals surface area (Å²) in [7, 11) is 3.09. The first kappa shape index (κ1) is 24.6. The predicted molar refractivity (Wildman–Crippen MR) is 140 cm³/mol. The molecule has 5 rings (SSSR count). The summed E-state index contributed by atoms with van der Waals surface area (Å²) in [5, 5.41) is 10.3. The zero-order valence-electron chi connectivity index (χ0n) is 20.9. The second-order valence-electron chi connectivity index (χ2n) is 9.46. The SMILES string of the molecule is COc1ccccc1C1C(C(=O)OCc2cccc3c2CCC=C3)[C@@H](c2ccccc2OC)[C@H]1C(=O)O. The number of ether oxygens (including phenoxy) is 3. The van der Waals surface area contributed by atoms with Gasteiger partial charge in [0.05, 0.1) is 26.1 Å². The molecule has 0 aromatic heterocycles. The van der Waals surface area contributed by atoms with Crippen molar-refractivity contribution in [1.29, 1.82) is 0 Å². The van der Waals surface area contributed by atoms with Crippen molar-refractivity contribution in [2.75, 3.05) is 14.2 Å². The van der Waals surface area contributed by atoms with Crippen molar-refractivity contribution < 1.29 is 28.9 Å². The Bertz CT molecular complexity index is 1290. The van der Waals surface area contributed by atoms with E-state index >= 15 is 0 Å². The molecule has 6 heteroatoms. The van der Waals surface area contributed by atoms with Crippen LogP contribution < -0.4 is 9.47 Å². The number of methoxy groups -OCH3 is 2. The van der Waals surface area contributed by atoms with Gasteiger partial charge < -0.3 is 19.3 Å². The topological polar surface area (TPSA) is 82.1 Å². The number of allylic oxidation sites excluding steroid dienone is 1. The molecule has 2 aliphatic rings. The van der Waals surface area contributed by atoms with E-state index in [1.807, 2.05) is 48.5 Å². The highest BCUT2D eigenvalue weighted by molar-refractivity contribution is 5.85. The van der Waals surface area contributed by atoms with Crippen molar-refractivity contribution in [3.05, 3.63) is 101 Å². The average molecular weight is 499 g/mol. The lowest BCUT2D eigenvalue weighted by molar-refractivity contribution is -0.165. The third-order valence-corrected chi connectivity index (χ3v) is 7.64. The lowest BCUT2D eigenvalue weighted by Crippen LogP contribution is -2.51. The molecular formula is C31H30O6. The van der Waals surface area contributed by atoms with Crippen LogP contribution in [0.15, 0.2) is 72.8 Å². The Morgan fingerprint density at radius 1 is 0.838 bits per heavy atom. The van der Waals surface area contributed by atoms with Gasteiger partial charge in [-0.1, -0.05) is 66.7 Å². The van der Waals surface area contributed by atoms with Crippen LogP contribution in [0.5, 0.6) is 11.5 Å². The minimum absolute atomic E-state index is 0.140. The van der Waals surface area contributed by atoms with E-state index in [0.29, 0.717) is 22.6 Å². The fraction of sp³-hybridized carbons (Fsp3) is 0.290. The molecule has 0 spiro atoms. The Labute approximate surface area is 216 Å². The maximum Gasteiger partial charge on any atom is 0.310 e. The van der Waals surface area contributed by atoms with Gasteiger partial charge >= 0.3 is 11.9 Å². The molecule has 0 bridgehead atoms. The minimum atomic E-state index is -0.972. The Kier molecular flexibility index (Phi) is 6.99. The fourth-order valence-corrected chi connectivity index (χ4v) is 5.94. The second kappa shape index (κ2) is 10.5. The van der Waals surface area contributed by atoms with Crippen molar-refractivity contribution in [3.63, 3.8) is 0 Å². The summed E-state index contributed by atoms with van der Waals surface area (Å²) < 4.78 is 17.1. The zero-order chi connectivity index (χ0) is 25.9. The Hall–Kier alpha value is -4.06. The first-order valence-corrected chi connectivity index (χ1v) is 12.5. The summed E-state index contributed by atoms with van der Waals surface area (Å²) in [6, 6.07) is 20.6. The Morgan fingerprint density at radius 3 is 2.05 bits per heavy atom. The molecule has 3 aromatic carbocycles. The third-order valence-electron chi connectivity index (χ3n) is 7.64. The zero-order valence-corrected chi connectivity index (χ0v) is 20.9. The van der Waals surface area contributed by atoms with Gasteiger partial charge in [0.2, 0.25) is 0 Å². The number of carboxylic acids is 1. The number of carbonyl (C=O) groups excluding carboxylic acids is 1. The van der Waals surface area contributed by atoms with Gasteiger partial charge in [-0.15, -0.1) is 0 Å². The summed E-state index contributed by atoms with van der Waals surface area (Å²) in [5.74, 6) is -3.06. The first-order chi connectivity index (χ1) is 18.0. The molecule has 0 amide bonds. The number of carbonyl (C=O) groups is 2. The molecule has 0 aliphatic heterocycles. The molecule has 3 aromatic rings. The van der Waals surface area contributed by atoms with Gasteiger partial charge in [-0.25, -0.2) is 0 Å². The van der Waals surface area contributed by atoms with Gasteiger partial charge in [0, 0.05) is 11.8 Å². The Morgan fingerprint density at radius 2 is 1.46 bits per heavy atom. The molecule has 0 saturated heterocycles. The molecule has 0 heterocycles. The number of esters is 1. The molecule has 0 radical (unpaired) electrons. The normalized spacial score (nSPS) is 21.9. The van der Waals surface area contributed by atoms with E-state index < -0.39 is 35.6 Å². The van der Waals surface area contributed by atoms with Crippen LogP contribution in [0.3, 0.4) is 0 Å². The van der Waals surface area contributed by atoms with Crippen molar-refractivity contribution in [3.8, 4) is 11.5 Å². The molecule has 1 N–H and O–H groups in total. The highest BCUT2D eigenvalue weighted by Crippen LogP contribution is 2.60. The standard InChI is InChI=1S/C31H30O6/c1-35-24-16-7-5-14-22(24)26-28(30(32)33)27(23-15-6-8-17-25(23)36-2)29(26)31(34)37-18-20-12-9-11-19-10-3-4-13-21(19)20/h3,5-12,14-17,26-29H,4,13,18H2,1-2H3,(H,32,33)/t26-,27?,28+,29?/m0/s1. The van der Waals surface area contributed by atoms with E-state index in [0.717, 1.165) is 24.0 Å². The third kappa shape index (κ3) is 4.48. The van der Waals surface area contributed by atoms with Gasteiger partial charge in [0.25, 0.3) is 0 Å². The molecule has 4 atom stereocenters. The Balaban J connectivity index is 1.52. The molecular weight excluding hydrogens is 468 g/mol. The van der Waals surface area contributed by atoms with Gasteiger partial charge in [-0.2, -0.15) is 0 Å². The monoisotopic (exact) mass is 498 g/mol. The molecule has 37 heavy (non-hydrogen) atoms. The maximum atomic E-state index is 13.8. The molecule has 2 unspecified atom stereocenters. The second-order valence-corrected chi connectivity index (χ2v) is 9.46. The largest absolute Gasteiger partial charge is 0.496 e. The number of aliphatic carboxylic acids is 1. The number of carboxylic acid groups (broad SMARTS) is 1. The molecule has 2 aliphatic carbocycles. The van der Waals surface area contributed by atoms with Crippen LogP contribution in [0, 0.1) is 11.8 Å². The maximum absolute atomic E-state index is 13.8. The van der Waals surface area contributed by atoms with Crippen LogP contribution in [0.4, 0.5) is 0 Å². The number of hydrogen-bond acceptors (Lipinski definition) is 5. The van der Waals surface area contributed by atoms with Crippen molar-refractivity contribution in [1.82, 2.24) is 0 Å². The van der Waals surface area contributed by atoms with Crippen LogP contribution in [0.1, 0.15) is 46.1 Å². The average Bonchev–Trinajstić information content (AvgIpc) is 2.91. The summed E-state index contributed by atoms with van der Waals surface area (Å²) in [6.45, 7) is 0.140. The number of rotatable bonds is 8. The van der Waals surface area contributed by atoms with Crippen molar-refractivity contribution in [2.24, 2.45) is 11.8 Å². The van der Waals surface area contributed by atoms with E-state index in [1.165, 1.54) is 5.56 Å². The van der Waals surface area contributed by atoms with E-state index in [2.05, 4.69) is 18.2 Å². The highest BCUT2D eigenvalue weighted by Gasteiger charge is 2.60. The quantitative estimate of drug-likeness (QED) is 0.407. The fourth-order valence-electron chi connectivity index (χ4n) is 5.94. The molecule has 1 saturated carbocycles. The molecule has 6 nitrogen and oxygen atoms in total. The lowest BCUT2D eigenvalue weighted by Gasteiger charge is -2.49. The van der Waals surface area contributed by atoms with Gasteiger partial charge in [0.15, 0.2) is 0 Å². The number of hydrogen-bond donors (Lipinski definition) is 1. The summed E-state index contributed by atoms with van der Waals surface area (Å²) in [5.41, 5.74) is 4.69. The predicted octanol–water partition coefficient (Wildman–Crippen LogP) is 5.60. The molecule has 1 fully saturated rings. The molecule has 190 valence electrons. The highest BCUT2D eigenvalue weighted by atomic mass is 16.5. The smallest absolute Gasteiger partial charge is 0.310 e. The lowest BCUT2D eigenvalue weighted by atomic mass is 9.52. The van der Waals surface area contributed by atoms with Gasteiger partial charge in [-0.05, 0) is 52.8 Å². The van der Waals surface area contributed by atoms with E-state index in [9.17, 15) is 14.7 Å². The van der Waals surface area contributed by atoms with E-state index in [1.54, 1.807) is 26.4 Å². The number of benzene rings is 3. The summed E-state index contributed by atoms with van der Waals surface area (Å²) >= 11 is 0. The first-order valence-electron chi connectivity index (χ1n) is 12.5. The van der Waals surface area contributed by atoms with E-state index in [-0.39, 0.29) is 6.61 Å². The minimum Gasteiger partial charge on any atom is -0.496 e. The summed E-state index contributed by atoms with van der Waals surface area (Å²) in [6.07, 6.45) is 6.10. The van der Waals surface area contributed by atoms with Gasteiger partial charge in [-0.3, -0.25) is 9.59 Å². The number of fused-ring (bicyclic) bond motifs is 1. The summed E-state index contributed by atoms with van der Waals surface area (Å²) in [4.78, 5) is 26.4. The van der Waals surface area contributed by atoms with Crippen LogP contribution >= 0.6 is 0 Å². The van der Waals surface area contributed by atoms with Crippen LogP contribution in [-0.4, -0.2) is 31.3 Å². The van der Waals surface area contributed by atoms with Crippen LogP contribution in [-0.2, 0) is 27.4 Å². The van der Waals surface area contributed by atoms with Crippen molar-refractivity contribution >= 4 is 18.0 Å². The van der Waals surface area contributed by atoms with Crippen LogP contribution in [0.25, 0.3) is 6.08 Å². The number of para-hydroxylation sites is 2.